The van der Waals surface area contributed by atoms with E-state index in [1.165, 1.54) is 26.5 Å². The molecule has 0 amide bonds. The summed E-state index contributed by atoms with van der Waals surface area (Å²) < 4.78 is 9.50. The van der Waals surface area contributed by atoms with Crippen LogP contribution in [0.5, 0.6) is 11.5 Å². The van der Waals surface area contributed by atoms with Crippen LogP contribution >= 0.6 is 0 Å². The lowest BCUT2D eigenvalue weighted by Gasteiger charge is -2.06. The van der Waals surface area contributed by atoms with E-state index < -0.39 is 10.9 Å². The Morgan fingerprint density at radius 3 is 2.52 bits per heavy atom. The molecule has 0 spiro atoms. The molecule has 0 aliphatic heterocycles. The number of phenols is 1. The number of non-ortho nitro benzene ring substituents is 1. The van der Waals surface area contributed by atoms with Gasteiger partial charge in [0.1, 0.15) is 0 Å². The fourth-order valence-electron chi connectivity index (χ4n) is 1.95. The van der Waals surface area contributed by atoms with Crippen LogP contribution in [0.3, 0.4) is 0 Å². The number of nitro groups is 1. The second-order valence-electron chi connectivity index (χ2n) is 4.78. The van der Waals surface area contributed by atoms with Crippen molar-refractivity contribution in [2.45, 2.75) is 0 Å². The van der Waals surface area contributed by atoms with Gasteiger partial charge in [0, 0.05) is 11.6 Å². The standard InChI is InChI=1S/C16H15N3O6/c1-24-14-8-13(19(22)23)7-11(15(14)20)9-17-18-12-5-3-10(4-6-12)16(21)25-2/h3-9,18,20H,1-2H3. The van der Waals surface area contributed by atoms with E-state index in [0.29, 0.717) is 11.3 Å². The van der Waals surface area contributed by atoms with Crippen LogP contribution in [0.25, 0.3) is 0 Å². The van der Waals surface area contributed by atoms with Crippen LogP contribution in [0.2, 0.25) is 0 Å². The summed E-state index contributed by atoms with van der Waals surface area (Å²) in [5.74, 6) is -0.749. The Balaban J connectivity index is 2.17. The summed E-state index contributed by atoms with van der Waals surface area (Å²) in [5, 5.41) is 24.8. The van der Waals surface area contributed by atoms with Gasteiger partial charge in [0.2, 0.25) is 0 Å². The van der Waals surface area contributed by atoms with E-state index in [2.05, 4.69) is 15.3 Å². The molecule has 2 rings (SSSR count). The fraction of sp³-hybridized carbons (Fsp3) is 0.125. The maximum atomic E-state index is 11.3. The molecule has 0 saturated heterocycles. The number of benzene rings is 2. The molecular weight excluding hydrogens is 330 g/mol. The normalized spacial score (nSPS) is 10.5. The molecule has 0 fully saturated rings. The first kappa shape index (κ1) is 17.7. The Hall–Kier alpha value is -3.62. The van der Waals surface area contributed by atoms with E-state index in [9.17, 15) is 20.0 Å². The molecule has 9 heteroatoms. The highest BCUT2D eigenvalue weighted by Crippen LogP contribution is 2.33. The van der Waals surface area contributed by atoms with Crippen molar-refractivity contribution >= 4 is 23.6 Å². The third kappa shape index (κ3) is 4.22. The summed E-state index contributed by atoms with van der Waals surface area (Å²) in [6.45, 7) is 0. The van der Waals surface area contributed by atoms with Crippen LogP contribution in [0.15, 0.2) is 41.5 Å². The lowest BCUT2D eigenvalue weighted by molar-refractivity contribution is -0.385. The molecule has 0 aromatic heterocycles. The van der Waals surface area contributed by atoms with Crippen molar-refractivity contribution in [2.75, 3.05) is 19.6 Å². The van der Waals surface area contributed by atoms with Crippen LogP contribution in [0, 0.1) is 10.1 Å². The third-order valence-electron chi connectivity index (χ3n) is 3.22. The molecule has 0 bridgehead atoms. The number of ether oxygens (including phenoxy) is 2. The minimum absolute atomic E-state index is 0.0296. The molecule has 2 N–H and O–H groups in total. The number of nitrogens with one attached hydrogen (secondary N) is 1. The zero-order valence-corrected chi connectivity index (χ0v) is 13.4. The van der Waals surface area contributed by atoms with Crippen LogP contribution in [0.4, 0.5) is 11.4 Å². The molecule has 0 aliphatic carbocycles. The molecule has 130 valence electrons. The van der Waals surface area contributed by atoms with Crippen LogP contribution < -0.4 is 10.2 Å². The summed E-state index contributed by atoms with van der Waals surface area (Å²) in [7, 11) is 2.58. The molecule has 9 nitrogen and oxygen atoms in total. The van der Waals surface area contributed by atoms with E-state index in [-0.39, 0.29) is 22.7 Å². The number of anilines is 1. The van der Waals surface area contributed by atoms with Crippen LogP contribution in [-0.4, -0.2) is 36.4 Å². The Bertz CT molecular complexity index is 817. The highest BCUT2D eigenvalue weighted by Gasteiger charge is 2.15. The van der Waals surface area contributed by atoms with Crippen LogP contribution in [-0.2, 0) is 4.74 Å². The van der Waals surface area contributed by atoms with Gasteiger partial charge in [0.15, 0.2) is 11.5 Å². The topological polar surface area (TPSA) is 123 Å². The SMILES string of the molecule is COC(=O)c1ccc(NN=Cc2cc([N+](=O)[O-])cc(OC)c2O)cc1. The minimum Gasteiger partial charge on any atom is -0.504 e. The van der Waals surface area contributed by atoms with Gasteiger partial charge in [-0.05, 0) is 24.3 Å². The van der Waals surface area contributed by atoms with Crippen molar-refractivity contribution in [2.24, 2.45) is 5.10 Å². The van der Waals surface area contributed by atoms with Gasteiger partial charge in [-0.15, -0.1) is 0 Å². The first-order valence-corrected chi connectivity index (χ1v) is 6.99. The number of esters is 1. The number of methoxy groups -OCH3 is 2. The quantitative estimate of drug-likeness (QED) is 0.357. The molecule has 2 aromatic rings. The highest BCUT2D eigenvalue weighted by atomic mass is 16.6. The zero-order valence-electron chi connectivity index (χ0n) is 13.4. The molecule has 0 atom stereocenters. The smallest absolute Gasteiger partial charge is 0.337 e. The van der Waals surface area contributed by atoms with E-state index >= 15 is 0 Å². The number of phenolic OH excluding ortho intramolecular Hbond substituents is 1. The predicted molar refractivity (Wildman–Crippen MR) is 90.3 cm³/mol. The number of aromatic hydroxyl groups is 1. The Labute approximate surface area is 142 Å². The third-order valence-corrected chi connectivity index (χ3v) is 3.22. The Morgan fingerprint density at radius 1 is 1.28 bits per heavy atom. The van der Waals surface area contributed by atoms with E-state index in [4.69, 9.17) is 4.74 Å². The van der Waals surface area contributed by atoms with Crippen molar-refractivity contribution in [3.63, 3.8) is 0 Å². The second-order valence-corrected chi connectivity index (χ2v) is 4.78. The number of carbonyl (C=O) groups is 1. The lowest BCUT2D eigenvalue weighted by Crippen LogP contribution is -2.01. The predicted octanol–water partition coefficient (Wildman–Crippen LogP) is 2.54. The van der Waals surface area contributed by atoms with Gasteiger partial charge < -0.3 is 14.6 Å². The maximum Gasteiger partial charge on any atom is 0.337 e. The van der Waals surface area contributed by atoms with Crippen molar-refractivity contribution < 1.29 is 24.3 Å². The molecule has 0 unspecified atom stereocenters. The highest BCUT2D eigenvalue weighted by molar-refractivity contribution is 5.90. The Morgan fingerprint density at radius 2 is 1.96 bits per heavy atom. The summed E-state index contributed by atoms with van der Waals surface area (Å²) in [4.78, 5) is 21.7. The summed E-state index contributed by atoms with van der Waals surface area (Å²) in [5.41, 5.74) is 3.52. The van der Waals surface area contributed by atoms with Gasteiger partial charge in [-0.3, -0.25) is 15.5 Å². The first-order chi connectivity index (χ1) is 12.0. The van der Waals surface area contributed by atoms with Gasteiger partial charge in [-0.2, -0.15) is 5.10 Å². The molecule has 2 aromatic carbocycles. The number of rotatable bonds is 6. The van der Waals surface area contributed by atoms with Crippen LogP contribution in [0.1, 0.15) is 15.9 Å². The number of hydrogen-bond acceptors (Lipinski definition) is 8. The monoisotopic (exact) mass is 345 g/mol. The lowest BCUT2D eigenvalue weighted by atomic mass is 10.2. The molecule has 0 heterocycles. The largest absolute Gasteiger partial charge is 0.504 e. The maximum absolute atomic E-state index is 11.3. The van der Waals surface area contributed by atoms with Crippen molar-refractivity contribution in [3.8, 4) is 11.5 Å². The summed E-state index contributed by atoms with van der Waals surface area (Å²) in [6.07, 6.45) is 1.22. The molecule has 0 saturated carbocycles. The second kappa shape index (κ2) is 7.77. The molecule has 25 heavy (non-hydrogen) atoms. The van der Waals surface area contributed by atoms with E-state index in [1.54, 1.807) is 24.3 Å². The number of carbonyl (C=O) groups excluding carboxylic acids is 1. The zero-order chi connectivity index (χ0) is 18.4. The summed E-state index contributed by atoms with van der Waals surface area (Å²) in [6, 6.07) is 8.61. The molecular formula is C16H15N3O6. The van der Waals surface area contributed by atoms with Gasteiger partial charge in [-0.1, -0.05) is 0 Å². The van der Waals surface area contributed by atoms with Crippen molar-refractivity contribution in [3.05, 3.63) is 57.6 Å². The first-order valence-electron chi connectivity index (χ1n) is 6.99. The van der Waals surface area contributed by atoms with Crippen molar-refractivity contribution in [1.29, 1.82) is 0 Å². The Kier molecular flexibility index (Phi) is 5.51. The number of nitrogens with zero attached hydrogens (tertiary/aromatic N) is 2. The average Bonchev–Trinajstić information content (AvgIpc) is 2.62. The minimum atomic E-state index is -0.599. The van der Waals surface area contributed by atoms with Gasteiger partial charge in [-0.25, -0.2) is 4.79 Å². The van der Waals surface area contributed by atoms with Gasteiger partial charge >= 0.3 is 5.97 Å². The number of hydrazone groups is 1. The average molecular weight is 345 g/mol. The molecule has 0 radical (unpaired) electrons. The molecule has 0 aliphatic rings. The van der Waals surface area contributed by atoms with E-state index in [0.717, 1.165) is 6.07 Å². The van der Waals surface area contributed by atoms with Gasteiger partial charge in [0.05, 0.1) is 42.7 Å². The number of hydrogen-bond donors (Lipinski definition) is 2. The number of nitro benzene ring substituents is 1. The van der Waals surface area contributed by atoms with Crippen molar-refractivity contribution in [1.82, 2.24) is 0 Å². The summed E-state index contributed by atoms with van der Waals surface area (Å²) >= 11 is 0. The van der Waals surface area contributed by atoms with Gasteiger partial charge in [0.25, 0.3) is 5.69 Å². The van der Waals surface area contributed by atoms with E-state index in [1.807, 2.05) is 0 Å². The fourth-order valence-corrected chi connectivity index (χ4v) is 1.95.